The average molecular weight is 268 g/mol. The normalized spacial score (nSPS) is 11.1. The highest BCUT2D eigenvalue weighted by Gasteiger charge is 2.16. The summed E-state index contributed by atoms with van der Waals surface area (Å²) in [5.74, 6) is 0. The first kappa shape index (κ1) is 15.6. The predicted octanol–water partition coefficient (Wildman–Crippen LogP) is 4.43. The molecule has 0 aromatic heterocycles. The second-order valence-electron chi connectivity index (χ2n) is 4.30. The molecule has 0 spiro atoms. The zero-order valence-corrected chi connectivity index (χ0v) is 12.7. The summed E-state index contributed by atoms with van der Waals surface area (Å²) in [4.78, 5) is 0. The van der Waals surface area contributed by atoms with Crippen molar-refractivity contribution < 1.29 is 9.05 Å². The summed E-state index contributed by atoms with van der Waals surface area (Å²) >= 11 is 0. The second-order valence-corrected chi connectivity index (χ2v) is 5.81. The SMILES string of the molecule is CCCOP(OCCC)c1ccccc1CCC. The molecule has 1 aromatic rings. The van der Waals surface area contributed by atoms with Gasteiger partial charge in [0, 0.05) is 5.30 Å². The van der Waals surface area contributed by atoms with Gasteiger partial charge in [0.2, 0.25) is 8.38 Å². The molecule has 0 unspecified atom stereocenters. The lowest BCUT2D eigenvalue weighted by molar-refractivity contribution is 0.257. The highest BCUT2D eigenvalue weighted by Crippen LogP contribution is 2.38. The van der Waals surface area contributed by atoms with Gasteiger partial charge >= 0.3 is 0 Å². The second kappa shape index (κ2) is 9.49. The van der Waals surface area contributed by atoms with Gasteiger partial charge in [0.15, 0.2) is 0 Å². The summed E-state index contributed by atoms with van der Waals surface area (Å²) < 4.78 is 11.8. The summed E-state index contributed by atoms with van der Waals surface area (Å²) in [5, 5.41) is 1.26. The Kier molecular flexibility index (Phi) is 8.24. The molecule has 0 saturated carbocycles. The average Bonchev–Trinajstić information content (AvgIpc) is 2.40. The molecule has 102 valence electrons. The summed E-state index contributed by atoms with van der Waals surface area (Å²) in [6, 6.07) is 8.52. The minimum atomic E-state index is -0.900. The molecule has 0 N–H and O–H groups in total. The van der Waals surface area contributed by atoms with Gasteiger partial charge in [-0.25, -0.2) is 0 Å². The molecule has 0 aliphatic heterocycles. The van der Waals surface area contributed by atoms with Gasteiger partial charge in [-0.2, -0.15) is 0 Å². The van der Waals surface area contributed by atoms with Crippen LogP contribution in [0.15, 0.2) is 24.3 Å². The van der Waals surface area contributed by atoms with Crippen LogP contribution in [0.4, 0.5) is 0 Å². The van der Waals surface area contributed by atoms with Crippen molar-refractivity contribution >= 4 is 13.7 Å². The molecule has 0 atom stereocenters. The van der Waals surface area contributed by atoms with E-state index in [0.29, 0.717) is 0 Å². The molecule has 3 heteroatoms. The number of aryl methyl sites for hydroxylation is 1. The number of hydrogen-bond acceptors (Lipinski definition) is 2. The van der Waals surface area contributed by atoms with E-state index in [0.717, 1.165) is 38.9 Å². The molecule has 0 amide bonds. The van der Waals surface area contributed by atoms with Crippen LogP contribution >= 0.6 is 8.38 Å². The van der Waals surface area contributed by atoms with Crippen molar-refractivity contribution in [2.24, 2.45) is 0 Å². The van der Waals surface area contributed by atoms with Crippen LogP contribution < -0.4 is 5.30 Å². The molecule has 1 rings (SSSR count). The lowest BCUT2D eigenvalue weighted by Gasteiger charge is -2.19. The van der Waals surface area contributed by atoms with Crippen LogP contribution in [0.25, 0.3) is 0 Å². The summed E-state index contributed by atoms with van der Waals surface area (Å²) in [5.41, 5.74) is 1.37. The third-order valence-electron chi connectivity index (χ3n) is 2.53. The van der Waals surface area contributed by atoms with Crippen LogP contribution in [0, 0.1) is 0 Å². The summed E-state index contributed by atoms with van der Waals surface area (Å²) in [6.45, 7) is 8.02. The molecule has 0 saturated heterocycles. The fourth-order valence-corrected chi connectivity index (χ4v) is 3.37. The van der Waals surface area contributed by atoms with Crippen molar-refractivity contribution in [1.29, 1.82) is 0 Å². The Hall–Kier alpha value is -0.430. The molecule has 0 radical (unpaired) electrons. The van der Waals surface area contributed by atoms with E-state index in [4.69, 9.17) is 9.05 Å². The minimum Gasteiger partial charge on any atom is -0.331 e. The maximum absolute atomic E-state index is 5.91. The van der Waals surface area contributed by atoms with Crippen molar-refractivity contribution in [3.8, 4) is 0 Å². The Labute approximate surface area is 113 Å². The molecule has 0 aliphatic carbocycles. The van der Waals surface area contributed by atoms with Gasteiger partial charge in [-0.05, 0) is 30.9 Å². The van der Waals surface area contributed by atoms with Crippen molar-refractivity contribution in [1.82, 2.24) is 0 Å². The smallest absolute Gasteiger partial charge is 0.205 e. The minimum absolute atomic E-state index is 0.774. The van der Waals surface area contributed by atoms with E-state index in [1.807, 2.05) is 0 Å². The Bertz CT molecular complexity index is 320. The van der Waals surface area contributed by atoms with E-state index < -0.39 is 8.38 Å². The quantitative estimate of drug-likeness (QED) is 0.617. The Morgan fingerprint density at radius 3 is 2.06 bits per heavy atom. The van der Waals surface area contributed by atoms with E-state index in [1.54, 1.807) is 0 Å². The zero-order chi connectivity index (χ0) is 13.2. The molecule has 0 bridgehead atoms. The number of hydrogen-bond donors (Lipinski definition) is 0. The first-order chi connectivity index (χ1) is 8.83. The Morgan fingerprint density at radius 2 is 1.50 bits per heavy atom. The van der Waals surface area contributed by atoms with Crippen molar-refractivity contribution in [2.75, 3.05) is 13.2 Å². The monoisotopic (exact) mass is 268 g/mol. The van der Waals surface area contributed by atoms with Gasteiger partial charge in [-0.3, -0.25) is 0 Å². The highest BCUT2D eigenvalue weighted by molar-refractivity contribution is 7.56. The molecular weight excluding hydrogens is 243 g/mol. The molecule has 0 fully saturated rings. The van der Waals surface area contributed by atoms with Crippen LogP contribution in [-0.2, 0) is 15.5 Å². The molecule has 0 heterocycles. The first-order valence-corrected chi connectivity index (χ1v) is 8.15. The third-order valence-corrected chi connectivity index (χ3v) is 4.20. The Balaban J connectivity index is 2.81. The van der Waals surface area contributed by atoms with E-state index >= 15 is 0 Å². The van der Waals surface area contributed by atoms with Gasteiger partial charge in [-0.15, -0.1) is 0 Å². The summed E-state index contributed by atoms with van der Waals surface area (Å²) in [7, 11) is -0.900. The van der Waals surface area contributed by atoms with Crippen molar-refractivity contribution in [3.05, 3.63) is 29.8 Å². The fraction of sp³-hybridized carbons (Fsp3) is 0.600. The van der Waals surface area contributed by atoms with Crippen LogP contribution in [0.5, 0.6) is 0 Å². The largest absolute Gasteiger partial charge is 0.331 e. The first-order valence-electron chi connectivity index (χ1n) is 6.97. The lowest BCUT2D eigenvalue weighted by Crippen LogP contribution is -2.12. The Morgan fingerprint density at radius 1 is 0.889 bits per heavy atom. The van der Waals surface area contributed by atoms with Crippen LogP contribution in [0.2, 0.25) is 0 Å². The predicted molar refractivity (Wildman–Crippen MR) is 79.5 cm³/mol. The topological polar surface area (TPSA) is 18.5 Å². The zero-order valence-electron chi connectivity index (χ0n) is 11.8. The fourth-order valence-electron chi connectivity index (χ4n) is 1.69. The molecule has 0 aliphatic rings. The van der Waals surface area contributed by atoms with Crippen LogP contribution in [0.1, 0.15) is 45.6 Å². The summed E-state index contributed by atoms with van der Waals surface area (Å²) in [6.07, 6.45) is 4.32. The number of rotatable bonds is 9. The maximum Gasteiger partial charge on any atom is 0.205 e. The third kappa shape index (κ3) is 5.06. The number of benzene rings is 1. The van der Waals surface area contributed by atoms with Gasteiger partial charge in [0.05, 0.1) is 13.2 Å². The van der Waals surface area contributed by atoms with E-state index in [1.165, 1.54) is 10.9 Å². The van der Waals surface area contributed by atoms with Gasteiger partial charge in [-0.1, -0.05) is 45.4 Å². The lowest BCUT2D eigenvalue weighted by atomic mass is 10.1. The maximum atomic E-state index is 5.91. The molecule has 1 aromatic carbocycles. The van der Waals surface area contributed by atoms with Gasteiger partial charge in [0.25, 0.3) is 0 Å². The van der Waals surface area contributed by atoms with Crippen LogP contribution in [-0.4, -0.2) is 13.2 Å². The van der Waals surface area contributed by atoms with Crippen LogP contribution in [0.3, 0.4) is 0 Å². The van der Waals surface area contributed by atoms with Gasteiger partial charge in [0.1, 0.15) is 0 Å². The van der Waals surface area contributed by atoms with Gasteiger partial charge < -0.3 is 9.05 Å². The van der Waals surface area contributed by atoms with E-state index in [9.17, 15) is 0 Å². The molecular formula is C15H25O2P. The standard InChI is InChI=1S/C15H25O2P/c1-4-9-14-10-7-8-11-15(14)18(16-12-5-2)17-13-6-3/h7-8,10-11H,4-6,9,12-13H2,1-3H3. The highest BCUT2D eigenvalue weighted by atomic mass is 31.2. The molecule has 18 heavy (non-hydrogen) atoms. The van der Waals surface area contributed by atoms with Crippen molar-refractivity contribution in [2.45, 2.75) is 46.5 Å². The van der Waals surface area contributed by atoms with Crippen molar-refractivity contribution in [3.63, 3.8) is 0 Å². The van der Waals surface area contributed by atoms with E-state index in [2.05, 4.69) is 45.0 Å². The van der Waals surface area contributed by atoms with E-state index in [-0.39, 0.29) is 0 Å². The molecule has 2 nitrogen and oxygen atoms in total.